The van der Waals surface area contributed by atoms with Crippen molar-refractivity contribution in [1.29, 1.82) is 0 Å². The second kappa shape index (κ2) is 5.92. The number of nitrogens with one attached hydrogen (secondary N) is 1. The highest BCUT2D eigenvalue weighted by molar-refractivity contribution is 5.99. The number of hydrogen-bond acceptors (Lipinski definition) is 4. The Balaban J connectivity index is 2.17. The van der Waals surface area contributed by atoms with Crippen LogP contribution in [0.2, 0.25) is 0 Å². The predicted octanol–water partition coefficient (Wildman–Crippen LogP) is 1.57. The van der Waals surface area contributed by atoms with Gasteiger partial charge in [0, 0.05) is 12.6 Å². The Labute approximate surface area is 137 Å². The molecule has 1 N–H and O–H groups in total. The fourth-order valence-corrected chi connectivity index (χ4v) is 2.83. The molecule has 24 heavy (non-hydrogen) atoms. The molecular formula is C17H18N4O3. The Kier molecular flexibility index (Phi) is 3.92. The van der Waals surface area contributed by atoms with E-state index in [4.69, 9.17) is 0 Å². The first-order valence-corrected chi connectivity index (χ1v) is 7.70. The maximum absolute atomic E-state index is 12.9. The van der Waals surface area contributed by atoms with Gasteiger partial charge in [-0.15, -0.1) is 0 Å². The number of imidazole rings is 1. The third kappa shape index (κ3) is 2.47. The highest BCUT2D eigenvalue weighted by Crippen LogP contribution is 2.22. The van der Waals surface area contributed by atoms with Crippen LogP contribution >= 0.6 is 0 Å². The first kappa shape index (κ1) is 15.9. The summed E-state index contributed by atoms with van der Waals surface area (Å²) in [6.07, 6.45) is 1.96. The lowest BCUT2D eigenvalue weighted by Gasteiger charge is -2.17. The number of hydrogen-bond donors (Lipinski definition) is 1. The lowest BCUT2D eigenvalue weighted by Crippen LogP contribution is -2.30. The van der Waals surface area contributed by atoms with Crippen molar-refractivity contribution in [2.75, 3.05) is 0 Å². The van der Waals surface area contributed by atoms with Crippen molar-refractivity contribution in [1.82, 2.24) is 19.1 Å². The maximum Gasteiger partial charge on any atom is 0.329 e. The van der Waals surface area contributed by atoms with Crippen molar-refractivity contribution < 1.29 is 4.79 Å². The fraction of sp³-hybridized carbons (Fsp3) is 0.294. The summed E-state index contributed by atoms with van der Waals surface area (Å²) in [6.45, 7) is 3.84. The average molecular weight is 326 g/mol. The Morgan fingerprint density at radius 1 is 1.25 bits per heavy atom. The number of fused-ring (bicyclic) bond motifs is 1. The fourth-order valence-electron chi connectivity index (χ4n) is 2.83. The van der Waals surface area contributed by atoms with Crippen molar-refractivity contribution in [2.24, 2.45) is 7.05 Å². The number of H-pyrrole nitrogens is 1. The topological polar surface area (TPSA) is 89.8 Å². The van der Waals surface area contributed by atoms with Crippen LogP contribution in [0.5, 0.6) is 0 Å². The number of ketones is 1. The summed E-state index contributed by atoms with van der Waals surface area (Å²) in [6, 6.07) is 6.79. The van der Waals surface area contributed by atoms with Gasteiger partial charge in [0.15, 0.2) is 16.9 Å². The summed E-state index contributed by atoms with van der Waals surface area (Å²) in [7, 11) is 1.54. The minimum absolute atomic E-state index is 0.0791. The van der Waals surface area contributed by atoms with Gasteiger partial charge in [0.1, 0.15) is 0 Å². The van der Waals surface area contributed by atoms with E-state index in [1.54, 1.807) is 23.7 Å². The van der Waals surface area contributed by atoms with Crippen molar-refractivity contribution in [3.8, 4) is 0 Å². The van der Waals surface area contributed by atoms with Gasteiger partial charge < -0.3 is 4.57 Å². The molecule has 1 unspecified atom stereocenters. The molecule has 1 aromatic carbocycles. The number of carbonyl (C=O) groups excluding carboxylic acids is 1. The van der Waals surface area contributed by atoms with Crippen molar-refractivity contribution in [2.45, 2.75) is 26.3 Å². The van der Waals surface area contributed by atoms with Crippen LogP contribution in [0.1, 0.15) is 35.3 Å². The van der Waals surface area contributed by atoms with Crippen LogP contribution in [0.4, 0.5) is 0 Å². The number of carbonyl (C=O) groups is 1. The number of aromatic amines is 1. The molecule has 0 saturated carbocycles. The van der Waals surface area contributed by atoms with E-state index in [1.165, 1.54) is 10.9 Å². The van der Waals surface area contributed by atoms with Gasteiger partial charge in [-0.3, -0.25) is 19.1 Å². The van der Waals surface area contributed by atoms with E-state index in [9.17, 15) is 14.4 Å². The van der Waals surface area contributed by atoms with E-state index in [-0.39, 0.29) is 11.3 Å². The predicted molar refractivity (Wildman–Crippen MR) is 90.4 cm³/mol. The third-order valence-electron chi connectivity index (χ3n) is 4.19. The van der Waals surface area contributed by atoms with Crippen LogP contribution in [0, 0.1) is 6.92 Å². The lowest BCUT2D eigenvalue weighted by molar-refractivity contribution is 0.0924. The zero-order valence-electron chi connectivity index (χ0n) is 13.7. The Morgan fingerprint density at radius 3 is 2.54 bits per heavy atom. The van der Waals surface area contributed by atoms with Crippen LogP contribution in [-0.4, -0.2) is 24.9 Å². The average Bonchev–Trinajstić information content (AvgIpc) is 2.99. The van der Waals surface area contributed by atoms with Crippen LogP contribution < -0.4 is 11.2 Å². The monoisotopic (exact) mass is 326 g/mol. The summed E-state index contributed by atoms with van der Waals surface area (Å²) in [5.41, 5.74) is 1.06. The van der Waals surface area contributed by atoms with E-state index in [2.05, 4.69) is 9.97 Å². The normalized spacial score (nSPS) is 12.5. The molecule has 2 aromatic heterocycles. The largest absolute Gasteiger partial charge is 0.329 e. The molecule has 0 aliphatic carbocycles. The van der Waals surface area contributed by atoms with E-state index in [0.717, 1.165) is 5.56 Å². The number of aryl methyl sites for hydroxylation is 2. The van der Waals surface area contributed by atoms with Gasteiger partial charge >= 0.3 is 5.69 Å². The van der Waals surface area contributed by atoms with Gasteiger partial charge in [-0.2, -0.15) is 0 Å². The second-order valence-electron chi connectivity index (χ2n) is 5.80. The summed E-state index contributed by atoms with van der Waals surface area (Å²) < 4.78 is 2.91. The Bertz CT molecular complexity index is 1020. The molecule has 0 spiro atoms. The Hall–Kier alpha value is -2.96. The summed E-state index contributed by atoms with van der Waals surface area (Å²) >= 11 is 0. The summed E-state index contributed by atoms with van der Waals surface area (Å²) in [5, 5.41) is 0. The number of aromatic nitrogens is 4. The highest BCUT2D eigenvalue weighted by atomic mass is 16.2. The van der Waals surface area contributed by atoms with Gasteiger partial charge in [-0.1, -0.05) is 36.8 Å². The third-order valence-corrected chi connectivity index (χ3v) is 4.19. The Morgan fingerprint density at radius 2 is 1.92 bits per heavy atom. The SMILES string of the molecule is CCC(C(=O)c1ccc(C)cc1)n1cnc2c(=O)[nH]c(=O)n(C)c21. The molecular weight excluding hydrogens is 308 g/mol. The van der Waals surface area contributed by atoms with Gasteiger partial charge in [-0.25, -0.2) is 9.78 Å². The molecule has 7 heteroatoms. The molecule has 3 rings (SSSR count). The minimum atomic E-state index is -0.551. The zero-order chi connectivity index (χ0) is 17.4. The molecule has 2 heterocycles. The first-order valence-electron chi connectivity index (χ1n) is 7.70. The van der Waals surface area contributed by atoms with Gasteiger partial charge in [0.25, 0.3) is 5.56 Å². The van der Waals surface area contributed by atoms with E-state index < -0.39 is 17.3 Å². The lowest BCUT2D eigenvalue weighted by atomic mass is 10.0. The van der Waals surface area contributed by atoms with E-state index >= 15 is 0 Å². The van der Waals surface area contributed by atoms with E-state index in [0.29, 0.717) is 17.6 Å². The first-order chi connectivity index (χ1) is 11.4. The summed E-state index contributed by atoms with van der Waals surface area (Å²) in [5.74, 6) is -0.0791. The molecule has 0 aliphatic rings. The molecule has 0 bridgehead atoms. The quantitative estimate of drug-likeness (QED) is 0.737. The van der Waals surface area contributed by atoms with Crippen LogP contribution in [-0.2, 0) is 7.05 Å². The molecule has 0 fully saturated rings. The van der Waals surface area contributed by atoms with Gasteiger partial charge in [0.2, 0.25) is 0 Å². The van der Waals surface area contributed by atoms with Crippen molar-refractivity contribution >= 4 is 16.9 Å². The number of Topliss-reactive ketones (excluding diaryl/α,β-unsaturated/α-hetero) is 1. The molecule has 0 saturated heterocycles. The standard InChI is InChI=1S/C17H18N4O3/c1-4-12(14(22)11-7-5-10(2)6-8-11)21-9-18-13-15(23)19-17(24)20(3)16(13)21/h5-9,12H,4H2,1-3H3,(H,19,23,24). The molecule has 7 nitrogen and oxygen atoms in total. The number of nitrogens with zero attached hydrogens (tertiary/aromatic N) is 3. The molecule has 124 valence electrons. The molecule has 3 aromatic rings. The molecule has 0 aliphatic heterocycles. The van der Waals surface area contributed by atoms with Crippen LogP contribution in [0.3, 0.4) is 0 Å². The molecule has 1 atom stereocenters. The van der Waals surface area contributed by atoms with Gasteiger partial charge in [-0.05, 0) is 13.3 Å². The molecule has 0 amide bonds. The number of rotatable bonds is 4. The van der Waals surface area contributed by atoms with Crippen LogP contribution in [0.25, 0.3) is 11.2 Å². The second-order valence-corrected chi connectivity index (χ2v) is 5.80. The molecule has 0 radical (unpaired) electrons. The number of benzene rings is 1. The smallest absolute Gasteiger partial charge is 0.305 e. The summed E-state index contributed by atoms with van der Waals surface area (Å²) in [4.78, 5) is 43.0. The van der Waals surface area contributed by atoms with Crippen molar-refractivity contribution in [3.63, 3.8) is 0 Å². The minimum Gasteiger partial charge on any atom is -0.305 e. The van der Waals surface area contributed by atoms with Crippen molar-refractivity contribution in [3.05, 3.63) is 62.6 Å². The van der Waals surface area contributed by atoms with Gasteiger partial charge in [0.05, 0.1) is 12.4 Å². The zero-order valence-corrected chi connectivity index (χ0v) is 13.7. The van der Waals surface area contributed by atoms with E-state index in [1.807, 2.05) is 26.0 Å². The maximum atomic E-state index is 12.9. The highest BCUT2D eigenvalue weighted by Gasteiger charge is 2.24. The van der Waals surface area contributed by atoms with Crippen LogP contribution in [0.15, 0.2) is 40.2 Å².